The lowest BCUT2D eigenvalue weighted by Crippen LogP contribution is -2.38. The summed E-state index contributed by atoms with van der Waals surface area (Å²) in [4.78, 5) is 14.1. The van der Waals surface area contributed by atoms with Crippen LogP contribution in [-0.2, 0) is 4.79 Å². The van der Waals surface area contributed by atoms with Crippen molar-refractivity contribution < 1.29 is 19.0 Å². The molecule has 0 fully saturated rings. The Morgan fingerprint density at radius 1 is 1.52 bits per heavy atom. The summed E-state index contributed by atoms with van der Waals surface area (Å²) in [6, 6.07) is 2.80. The SMILES string of the molecule is CCOc1c(F)cc(C(O)CNC(C)(C)C)c(N=C=O)c1C#N. The normalized spacial score (nSPS) is 12.2. The standard InChI is InChI=1S/C16H20FN3O3/c1-5-23-15-11(7-18)14(19-9-21)10(6-12(15)17)13(22)8-20-16(2,3)4/h6,13,20,22H,5,8H2,1-4H3. The average molecular weight is 321 g/mol. The van der Waals surface area contributed by atoms with Crippen LogP contribution in [0.25, 0.3) is 0 Å². The van der Waals surface area contributed by atoms with Crippen LogP contribution in [-0.4, -0.2) is 29.9 Å². The number of isocyanates is 1. The largest absolute Gasteiger partial charge is 0.489 e. The van der Waals surface area contributed by atoms with Crippen LogP contribution in [0.15, 0.2) is 11.1 Å². The molecule has 23 heavy (non-hydrogen) atoms. The van der Waals surface area contributed by atoms with E-state index in [-0.39, 0.29) is 41.3 Å². The minimum atomic E-state index is -1.15. The van der Waals surface area contributed by atoms with E-state index < -0.39 is 11.9 Å². The van der Waals surface area contributed by atoms with E-state index in [9.17, 15) is 19.6 Å². The Kier molecular flexibility index (Phi) is 6.40. The first-order valence-electron chi connectivity index (χ1n) is 7.15. The Morgan fingerprint density at radius 2 is 2.17 bits per heavy atom. The second-order valence-corrected chi connectivity index (χ2v) is 5.89. The molecule has 0 amide bonds. The van der Waals surface area contributed by atoms with Gasteiger partial charge in [-0.15, -0.1) is 0 Å². The second-order valence-electron chi connectivity index (χ2n) is 5.89. The first-order valence-corrected chi connectivity index (χ1v) is 7.15. The molecule has 0 aliphatic rings. The molecule has 1 atom stereocenters. The number of nitrogens with zero attached hydrogens (tertiary/aromatic N) is 2. The third-order valence-electron chi connectivity index (χ3n) is 2.98. The minimum Gasteiger partial charge on any atom is -0.489 e. The van der Waals surface area contributed by atoms with Crippen LogP contribution in [0.5, 0.6) is 5.75 Å². The summed E-state index contributed by atoms with van der Waals surface area (Å²) in [7, 11) is 0. The maximum atomic E-state index is 14.2. The molecule has 0 heterocycles. The molecule has 7 heteroatoms. The van der Waals surface area contributed by atoms with Crippen LogP contribution in [0.3, 0.4) is 0 Å². The zero-order chi connectivity index (χ0) is 17.6. The van der Waals surface area contributed by atoms with Crippen LogP contribution >= 0.6 is 0 Å². The van der Waals surface area contributed by atoms with Gasteiger partial charge in [0, 0.05) is 17.6 Å². The number of aliphatic hydroxyl groups excluding tert-OH is 1. The van der Waals surface area contributed by atoms with Crippen molar-refractivity contribution in [3.8, 4) is 11.8 Å². The van der Waals surface area contributed by atoms with E-state index in [1.165, 1.54) is 6.08 Å². The van der Waals surface area contributed by atoms with Crippen molar-refractivity contribution in [2.45, 2.75) is 39.3 Å². The fraction of sp³-hybridized carbons (Fsp3) is 0.500. The first kappa shape index (κ1) is 18.8. The Bertz CT molecular complexity index is 656. The molecule has 0 saturated carbocycles. The lowest BCUT2D eigenvalue weighted by atomic mass is 10.0. The molecule has 0 aliphatic heterocycles. The van der Waals surface area contributed by atoms with Crippen molar-refractivity contribution in [1.82, 2.24) is 5.32 Å². The van der Waals surface area contributed by atoms with Gasteiger partial charge in [-0.2, -0.15) is 10.3 Å². The monoisotopic (exact) mass is 321 g/mol. The number of β-amino-alcohol motifs (C(OH)–C–C–N with tert-alkyl or cyclic N) is 1. The zero-order valence-electron chi connectivity index (χ0n) is 13.6. The highest BCUT2D eigenvalue weighted by Crippen LogP contribution is 2.37. The minimum absolute atomic E-state index is 0.0302. The van der Waals surface area contributed by atoms with Gasteiger partial charge in [-0.3, -0.25) is 0 Å². The number of ether oxygens (including phenoxy) is 1. The number of carbonyl (C=O) groups excluding carboxylic acids is 1. The maximum absolute atomic E-state index is 14.2. The molecule has 1 aromatic rings. The van der Waals surface area contributed by atoms with E-state index in [0.717, 1.165) is 6.07 Å². The van der Waals surface area contributed by atoms with Gasteiger partial charge in [0.2, 0.25) is 6.08 Å². The summed E-state index contributed by atoms with van der Waals surface area (Å²) >= 11 is 0. The molecule has 6 nitrogen and oxygen atoms in total. The van der Waals surface area contributed by atoms with Gasteiger partial charge in [-0.25, -0.2) is 9.18 Å². The fourth-order valence-corrected chi connectivity index (χ4v) is 1.96. The fourth-order valence-electron chi connectivity index (χ4n) is 1.96. The number of halogens is 1. The number of rotatable bonds is 6. The van der Waals surface area contributed by atoms with Gasteiger partial charge in [0.1, 0.15) is 17.3 Å². The van der Waals surface area contributed by atoms with Crippen LogP contribution in [0.1, 0.15) is 44.9 Å². The van der Waals surface area contributed by atoms with Crippen molar-refractivity contribution in [2.24, 2.45) is 4.99 Å². The summed E-state index contributed by atoms with van der Waals surface area (Å²) in [6.07, 6.45) is 0.175. The lowest BCUT2D eigenvalue weighted by Gasteiger charge is -2.24. The van der Waals surface area contributed by atoms with Crippen molar-refractivity contribution in [3.05, 3.63) is 23.0 Å². The van der Waals surface area contributed by atoms with E-state index >= 15 is 0 Å². The first-order chi connectivity index (χ1) is 10.7. The molecule has 0 bridgehead atoms. The summed E-state index contributed by atoms with van der Waals surface area (Å²) in [5.41, 5.74) is -0.602. The Labute approximate surface area is 134 Å². The van der Waals surface area contributed by atoms with Gasteiger partial charge in [-0.05, 0) is 33.8 Å². The molecule has 0 aromatic heterocycles. The molecular weight excluding hydrogens is 301 g/mol. The van der Waals surface area contributed by atoms with Gasteiger partial charge in [0.15, 0.2) is 11.6 Å². The molecule has 1 rings (SSSR count). The highest BCUT2D eigenvalue weighted by molar-refractivity contribution is 5.68. The number of nitriles is 1. The van der Waals surface area contributed by atoms with E-state index in [1.807, 2.05) is 20.8 Å². The van der Waals surface area contributed by atoms with E-state index in [2.05, 4.69) is 10.3 Å². The number of benzene rings is 1. The van der Waals surface area contributed by atoms with E-state index in [0.29, 0.717) is 0 Å². The topological polar surface area (TPSA) is 94.7 Å². The third kappa shape index (κ3) is 4.86. The Hall–Kier alpha value is -2.26. The average Bonchev–Trinajstić information content (AvgIpc) is 2.47. The molecular formula is C16H20FN3O3. The highest BCUT2D eigenvalue weighted by Gasteiger charge is 2.24. The Balaban J connectivity index is 3.39. The van der Waals surface area contributed by atoms with E-state index in [4.69, 9.17) is 4.74 Å². The van der Waals surface area contributed by atoms with Crippen LogP contribution < -0.4 is 10.1 Å². The number of hydrogen-bond acceptors (Lipinski definition) is 6. The highest BCUT2D eigenvalue weighted by atomic mass is 19.1. The molecule has 0 spiro atoms. The molecule has 124 valence electrons. The number of hydrogen-bond donors (Lipinski definition) is 2. The molecule has 2 N–H and O–H groups in total. The van der Waals surface area contributed by atoms with Gasteiger partial charge in [0.05, 0.1) is 12.7 Å². The quantitative estimate of drug-likeness (QED) is 0.620. The van der Waals surface area contributed by atoms with Crippen LogP contribution in [0.4, 0.5) is 10.1 Å². The molecule has 0 aliphatic carbocycles. The predicted octanol–water partition coefficient (Wildman–Crippen LogP) is 2.48. The molecule has 0 radical (unpaired) electrons. The smallest absolute Gasteiger partial charge is 0.240 e. The second kappa shape index (κ2) is 7.84. The summed E-state index contributed by atoms with van der Waals surface area (Å²) in [5, 5.41) is 22.6. The number of aliphatic imine (C=N–C) groups is 1. The van der Waals surface area contributed by atoms with Crippen molar-refractivity contribution in [3.63, 3.8) is 0 Å². The number of nitrogens with one attached hydrogen (secondary N) is 1. The van der Waals surface area contributed by atoms with Crippen molar-refractivity contribution >= 4 is 11.8 Å². The van der Waals surface area contributed by atoms with Gasteiger partial charge in [-0.1, -0.05) is 0 Å². The Morgan fingerprint density at radius 3 is 2.65 bits per heavy atom. The number of aliphatic hydroxyl groups is 1. The van der Waals surface area contributed by atoms with Crippen LogP contribution in [0.2, 0.25) is 0 Å². The van der Waals surface area contributed by atoms with Gasteiger partial charge < -0.3 is 15.2 Å². The van der Waals surface area contributed by atoms with Crippen molar-refractivity contribution in [2.75, 3.05) is 13.2 Å². The predicted molar refractivity (Wildman–Crippen MR) is 82.8 cm³/mol. The zero-order valence-corrected chi connectivity index (χ0v) is 13.6. The molecule has 0 saturated heterocycles. The summed E-state index contributed by atoms with van der Waals surface area (Å²) < 4.78 is 19.3. The van der Waals surface area contributed by atoms with Gasteiger partial charge in [0.25, 0.3) is 0 Å². The molecule has 1 unspecified atom stereocenters. The lowest BCUT2D eigenvalue weighted by molar-refractivity contribution is 0.163. The summed E-state index contributed by atoms with van der Waals surface area (Å²) in [5.74, 6) is -1.08. The summed E-state index contributed by atoms with van der Waals surface area (Å²) in [6.45, 7) is 7.60. The molecule has 1 aromatic carbocycles. The third-order valence-corrected chi connectivity index (χ3v) is 2.98. The van der Waals surface area contributed by atoms with E-state index in [1.54, 1.807) is 13.0 Å². The van der Waals surface area contributed by atoms with Crippen molar-refractivity contribution in [1.29, 1.82) is 5.26 Å². The van der Waals surface area contributed by atoms with Crippen LogP contribution in [0, 0.1) is 17.1 Å². The maximum Gasteiger partial charge on any atom is 0.240 e. The van der Waals surface area contributed by atoms with Gasteiger partial charge >= 0.3 is 0 Å².